The normalized spacial score (nSPS) is 10.7. The molecule has 0 aromatic rings. The van der Waals surface area contributed by atoms with Crippen LogP contribution in [-0.4, -0.2) is 75.6 Å². The van der Waals surface area contributed by atoms with Crippen LogP contribution in [0.25, 0.3) is 0 Å². The summed E-state index contributed by atoms with van der Waals surface area (Å²) in [6, 6.07) is -0.580. The van der Waals surface area contributed by atoms with Gasteiger partial charge >= 0.3 is 0 Å². The Morgan fingerprint density at radius 3 is 1.73 bits per heavy atom. The summed E-state index contributed by atoms with van der Waals surface area (Å²) >= 11 is 0. The van der Waals surface area contributed by atoms with E-state index < -0.39 is 11.9 Å². The van der Waals surface area contributed by atoms with E-state index in [9.17, 15) is 24.0 Å². The molecular formula is C25H51N5O7. The minimum atomic E-state index is -0.580. The van der Waals surface area contributed by atoms with Crippen LogP contribution in [0.4, 0.5) is 0 Å². The van der Waals surface area contributed by atoms with Crippen LogP contribution in [0, 0.1) is 5.92 Å². The predicted molar refractivity (Wildman–Crippen MR) is 143 cm³/mol. The molecular weight excluding hydrogens is 482 g/mol. The number of unbranched alkanes of at least 4 members (excludes halogenated alkanes) is 2. The quantitative estimate of drug-likeness (QED) is 0.160. The van der Waals surface area contributed by atoms with E-state index >= 15 is 0 Å². The molecule has 0 rings (SSSR count). The van der Waals surface area contributed by atoms with Crippen molar-refractivity contribution in [1.82, 2.24) is 16.0 Å². The Bertz CT molecular complexity index is 625. The Labute approximate surface area is 222 Å². The van der Waals surface area contributed by atoms with Crippen molar-refractivity contribution in [3.8, 4) is 0 Å². The van der Waals surface area contributed by atoms with Crippen LogP contribution >= 0.6 is 0 Å². The molecule has 0 aliphatic heterocycles. The molecule has 1 unspecified atom stereocenters. The molecule has 0 bridgehead atoms. The summed E-state index contributed by atoms with van der Waals surface area (Å²) in [7, 11) is 1.52. The lowest BCUT2D eigenvalue weighted by molar-refractivity contribution is -0.130. The topological polar surface area (TPSA) is 192 Å². The third-order valence-corrected chi connectivity index (χ3v) is 4.46. The highest BCUT2D eigenvalue weighted by atomic mass is 16.5. The molecule has 0 aromatic carbocycles. The van der Waals surface area contributed by atoms with E-state index in [2.05, 4.69) is 35.5 Å². The van der Waals surface area contributed by atoms with Gasteiger partial charge in [0.25, 0.3) is 0 Å². The Morgan fingerprint density at radius 1 is 0.784 bits per heavy atom. The number of ether oxygens (including phenoxy) is 2. The predicted octanol–water partition coefficient (Wildman–Crippen LogP) is 0.756. The van der Waals surface area contributed by atoms with Crippen molar-refractivity contribution in [2.24, 2.45) is 17.4 Å². The first-order valence-corrected chi connectivity index (χ1v) is 12.9. The number of carbonyl (C=O) groups excluding carboxylic acids is 5. The van der Waals surface area contributed by atoms with Crippen LogP contribution < -0.4 is 27.4 Å². The van der Waals surface area contributed by atoms with E-state index in [0.717, 1.165) is 0 Å². The summed E-state index contributed by atoms with van der Waals surface area (Å²) in [6.45, 7) is 11.1. The summed E-state index contributed by atoms with van der Waals surface area (Å²) in [5, 5.41) is 7.91. The lowest BCUT2D eigenvalue weighted by Gasteiger charge is -2.20. The maximum atomic E-state index is 11.9. The molecule has 0 heterocycles. The van der Waals surface area contributed by atoms with Crippen LogP contribution in [0.15, 0.2) is 0 Å². The number of nitrogens with two attached hydrogens (primary N) is 2. The molecule has 0 aromatic heterocycles. The Balaban J connectivity index is -0.00000109. The van der Waals surface area contributed by atoms with Gasteiger partial charge < -0.3 is 36.9 Å². The summed E-state index contributed by atoms with van der Waals surface area (Å²) in [5.41, 5.74) is 9.45. The number of hydrogen-bond acceptors (Lipinski definition) is 7. The molecule has 0 radical (unpaired) electrons. The van der Waals surface area contributed by atoms with Gasteiger partial charge in [-0.05, 0) is 12.3 Å². The van der Waals surface area contributed by atoms with E-state index in [0.29, 0.717) is 32.8 Å². The van der Waals surface area contributed by atoms with Gasteiger partial charge in [-0.25, -0.2) is 0 Å². The molecule has 0 saturated heterocycles. The minimum absolute atomic E-state index is 0.0271. The average Bonchev–Trinajstić information content (AvgIpc) is 2.81. The van der Waals surface area contributed by atoms with E-state index in [1.807, 2.05) is 13.8 Å². The van der Waals surface area contributed by atoms with Crippen LogP contribution in [0.2, 0.25) is 0 Å². The van der Waals surface area contributed by atoms with Crippen molar-refractivity contribution in [2.75, 3.05) is 40.0 Å². The van der Waals surface area contributed by atoms with Gasteiger partial charge in [0.15, 0.2) is 0 Å². The SMILES string of the molecule is CC(N)=O.CCCCC.CNC(=O)C(NC(=O)CCCC(=O)NCCOCCOCCC(N)=O)C(C)C. The fourth-order valence-corrected chi connectivity index (χ4v) is 2.54. The Morgan fingerprint density at radius 2 is 1.30 bits per heavy atom. The third-order valence-electron chi connectivity index (χ3n) is 4.46. The van der Waals surface area contributed by atoms with Crippen LogP contribution in [0.1, 0.15) is 79.6 Å². The minimum Gasteiger partial charge on any atom is -0.379 e. The second kappa shape index (κ2) is 27.9. The first-order chi connectivity index (χ1) is 17.4. The number of amides is 5. The Hall–Kier alpha value is -2.73. The largest absolute Gasteiger partial charge is 0.379 e. The summed E-state index contributed by atoms with van der Waals surface area (Å²) in [6.07, 6.45) is 5.04. The average molecular weight is 534 g/mol. The van der Waals surface area contributed by atoms with Crippen LogP contribution in [-0.2, 0) is 33.4 Å². The molecule has 0 spiro atoms. The highest BCUT2D eigenvalue weighted by Gasteiger charge is 2.22. The molecule has 12 heteroatoms. The number of nitrogens with one attached hydrogen (secondary N) is 3. The number of primary amides is 2. The fourth-order valence-electron chi connectivity index (χ4n) is 2.54. The number of rotatable bonds is 18. The van der Waals surface area contributed by atoms with E-state index in [1.54, 1.807) is 0 Å². The van der Waals surface area contributed by atoms with E-state index in [1.165, 1.54) is 33.2 Å². The molecule has 7 N–H and O–H groups in total. The van der Waals surface area contributed by atoms with Gasteiger partial charge in [-0.2, -0.15) is 0 Å². The molecule has 0 saturated carbocycles. The number of likely N-dealkylation sites (N-methyl/N-ethyl adjacent to an activating group) is 1. The zero-order chi connectivity index (χ0) is 29.1. The highest BCUT2D eigenvalue weighted by Crippen LogP contribution is 2.03. The maximum absolute atomic E-state index is 11.9. The van der Waals surface area contributed by atoms with Crippen molar-refractivity contribution < 1.29 is 33.4 Å². The third kappa shape index (κ3) is 33.3. The zero-order valence-electron chi connectivity index (χ0n) is 23.7. The maximum Gasteiger partial charge on any atom is 0.242 e. The summed E-state index contributed by atoms with van der Waals surface area (Å²) in [4.78, 5) is 55.1. The summed E-state index contributed by atoms with van der Waals surface area (Å²) in [5.74, 6) is -1.43. The van der Waals surface area contributed by atoms with Crippen LogP contribution in [0.5, 0.6) is 0 Å². The molecule has 0 fully saturated rings. The molecule has 0 aliphatic rings. The lowest BCUT2D eigenvalue weighted by Crippen LogP contribution is -2.48. The highest BCUT2D eigenvalue weighted by molar-refractivity contribution is 5.87. The van der Waals surface area contributed by atoms with Crippen LogP contribution in [0.3, 0.4) is 0 Å². The molecule has 218 valence electrons. The van der Waals surface area contributed by atoms with Crippen molar-refractivity contribution >= 4 is 29.5 Å². The van der Waals surface area contributed by atoms with Crippen molar-refractivity contribution in [3.05, 3.63) is 0 Å². The fraction of sp³-hybridized carbons (Fsp3) is 0.800. The van der Waals surface area contributed by atoms with Gasteiger partial charge in [0, 0.05) is 39.8 Å². The van der Waals surface area contributed by atoms with Gasteiger partial charge in [0.2, 0.25) is 29.5 Å². The zero-order valence-corrected chi connectivity index (χ0v) is 23.7. The standard InChI is InChI=1S/C18H34N4O6.C5H12.C2H5NO/c1-13(2)17(18(26)20-3)22-16(25)6-4-5-15(24)21-8-10-28-12-11-27-9-7-14(19)23;1-3-5-4-2;1-2(3)4/h13,17H,4-12H2,1-3H3,(H2,19,23)(H,20,26)(H,21,24)(H,22,25);3-5H2,1-2H3;1H3,(H2,3,4). The van der Waals surface area contributed by atoms with Crippen molar-refractivity contribution in [2.45, 2.75) is 85.6 Å². The monoisotopic (exact) mass is 533 g/mol. The lowest BCUT2D eigenvalue weighted by atomic mass is 10.0. The number of hydrogen-bond donors (Lipinski definition) is 5. The molecule has 0 aliphatic carbocycles. The van der Waals surface area contributed by atoms with Gasteiger partial charge in [0.05, 0.1) is 26.4 Å². The molecule has 1 atom stereocenters. The second-order valence-corrected chi connectivity index (χ2v) is 8.51. The van der Waals surface area contributed by atoms with Gasteiger partial charge in [-0.15, -0.1) is 0 Å². The van der Waals surface area contributed by atoms with E-state index in [-0.39, 0.29) is 55.4 Å². The first kappa shape index (κ1) is 38.8. The second-order valence-electron chi connectivity index (χ2n) is 8.51. The summed E-state index contributed by atoms with van der Waals surface area (Å²) < 4.78 is 10.4. The van der Waals surface area contributed by atoms with Gasteiger partial charge in [0.1, 0.15) is 6.04 Å². The van der Waals surface area contributed by atoms with Gasteiger partial charge in [-0.1, -0.05) is 47.0 Å². The van der Waals surface area contributed by atoms with Crippen molar-refractivity contribution in [3.63, 3.8) is 0 Å². The molecule has 37 heavy (non-hydrogen) atoms. The van der Waals surface area contributed by atoms with Crippen molar-refractivity contribution in [1.29, 1.82) is 0 Å². The van der Waals surface area contributed by atoms with E-state index in [4.69, 9.17) is 15.2 Å². The Kier molecular flexibility index (Phi) is 29.2. The first-order valence-electron chi connectivity index (χ1n) is 12.9. The molecule has 5 amide bonds. The smallest absolute Gasteiger partial charge is 0.242 e. The molecule has 12 nitrogen and oxygen atoms in total. The van der Waals surface area contributed by atoms with Gasteiger partial charge in [-0.3, -0.25) is 24.0 Å². The number of carbonyl (C=O) groups is 5.